The number of esters is 1. The van der Waals surface area contributed by atoms with E-state index in [9.17, 15) is 4.79 Å². The summed E-state index contributed by atoms with van der Waals surface area (Å²) in [7, 11) is 0. The zero-order valence-corrected chi connectivity index (χ0v) is 16.1. The van der Waals surface area contributed by atoms with E-state index in [0.717, 1.165) is 44.5 Å². The third kappa shape index (κ3) is 4.75. The Morgan fingerprint density at radius 1 is 1.32 bits per heavy atom. The van der Waals surface area contributed by atoms with Crippen molar-refractivity contribution in [3.05, 3.63) is 51.9 Å². The largest absolute Gasteiger partial charge is 1.00 e. The Hall–Kier alpha value is -1.56. The van der Waals surface area contributed by atoms with Crippen LogP contribution >= 0.6 is 11.3 Å². The number of hydrogen-bond acceptors (Lipinski definition) is 4. The average Bonchev–Trinajstić information content (AvgIpc) is 2.91. The summed E-state index contributed by atoms with van der Waals surface area (Å²) in [4.78, 5) is 15.1. The van der Waals surface area contributed by atoms with E-state index in [1.807, 2.05) is 6.07 Å². The van der Waals surface area contributed by atoms with Gasteiger partial charge in [-0.3, -0.25) is 0 Å². The van der Waals surface area contributed by atoms with Gasteiger partial charge in [0.2, 0.25) is 0 Å². The van der Waals surface area contributed by atoms with Crippen LogP contribution in [0.25, 0.3) is 0 Å². The minimum atomic E-state index is -0.245. The number of quaternary nitrogens is 1. The summed E-state index contributed by atoms with van der Waals surface area (Å²) in [5.74, 6) is -0.245. The van der Waals surface area contributed by atoms with Crippen LogP contribution in [-0.2, 0) is 24.2 Å². The summed E-state index contributed by atoms with van der Waals surface area (Å²) in [5, 5.41) is 0.613. The predicted molar refractivity (Wildman–Crippen MR) is 97.3 cm³/mol. The minimum absolute atomic E-state index is 0. The van der Waals surface area contributed by atoms with E-state index in [0.29, 0.717) is 17.2 Å². The first kappa shape index (κ1) is 19.8. The molecule has 3 N–H and O–H groups in total. The number of thiophene rings is 1. The third-order valence-corrected chi connectivity index (χ3v) is 5.55. The quantitative estimate of drug-likeness (QED) is 0.521. The van der Waals surface area contributed by atoms with Crippen molar-refractivity contribution in [3.8, 4) is 0 Å². The molecule has 0 radical (unpaired) electrons. The van der Waals surface area contributed by atoms with Gasteiger partial charge in [0.1, 0.15) is 18.1 Å². The number of unbranched alkanes of at least 4 members (excludes halogenated alkanes) is 1. The lowest BCUT2D eigenvalue weighted by atomic mass is 10.0. The summed E-state index contributed by atoms with van der Waals surface area (Å²) < 4.78 is 5.38. The van der Waals surface area contributed by atoms with Gasteiger partial charge in [-0.2, -0.15) is 0 Å². The van der Waals surface area contributed by atoms with Gasteiger partial charge < -0.3 is 27.8 Å². The molecule has 25 heavy (non-hydrogen) atoms. The number of halogens is 1. The lowest BCUT2D eigenvalue weighted by Crippen LogP contribution is -3.10. The Morgan fingerprint density at radius 2 is 2.08 bits per heavy atom. The fraction of sp³-hybridized carbons (Fsp3) is 0.421. The lowest BCUT2D eigenvalue weighted by Gasteiger charge is -2.24. The molecule has 0 bridgehead atoms. The van der Waals surface area contributed by atoms with Crippen molar-refractivity contribution in [2.75, 3.05) is 18.9 Å². The van der Waals surface area contributed by atoms with E-state index < -0.39 is 0 Å². The summed E-state index contributed by atoms with van der Waals surface area (Å²) in [6, 6.07) is 10.5. The fourth-order valence-corrected chi connectivity index (χ4v) is 4.38. The molecule has 1 atom stereocenters. The van der Waals surface area contributed by atoms with Crippen LogP contribution in [0.4, 0.5) is 5.00 Å². The molecule has 136 valence electrons. The second-order valence-electron chi connectivity index (χ2n) is 6.32. The molecule has 0 fully saturated rings. The van der Waals surface area contributed by atoms with Crippen molar-refractivity contribution in [2.24, 2.45) is 0 Å². The number of carbonyl (C=O) groups is 1. The second-order valence-corrected chi connectivity index (χ2v) is 7.46. The SMILES string of the molecule is CCCCOC(=O)c1c(N)sc2c1CC[NH+](Cc1ccccc1)C2.[Cl-]. The molecule has 0 aliphatic carbocycles. The smallest absolute Gasteiger partial charge is 0.341 e. The third-order valence-electron chi connectivity index (χ3n) is 4.49. The van der Waals surface area contributed by atoms with E-state index in [2.05, 4.69) is 31.2 Å². The van der Waals surface area contributed by atoms with Gasteiger partial charge in [0.15, 0.2) is 0 Å². The van der Waals surface area contributed by atoms with Crippen LogP contribution in [0.15, 0.2) is 30.3 Å². The van der Waals surface area contributed by atoms with Gasteiger partial charge in [-0.1, -0.05) is 43.7 Å². The van der Waals surface area contributed by atoms with Gasteiger partial charge in [-0.15, -0.1) is 11.3 Å². The van der Waals surface area contributed by atoms with Crippen LogP contribution in [-0.4, -0.2) is 19.1 Å². The lowest BCUT2D eigenvalue weighted by molar-refractivity contribution is -0.929. The van der Waals surface area contributed by atoms with Gasteiger partial charge in [-0.25, -0.2) is 4.79 Å². The van der Waals surface area contributed by atoms with Crippen molar-refractivity contribution in [3.63, 3.8) is 0 Å². The Labute approximate surface area is 159 Å². The number of ether oxygens (including phenoxy) is 1. The van der Waals surface area contributed by atoms with Crippen molar-refractivity contribution >= 4 is 22.3 Å². The highest BCUT2D eigenvalue weighted by molar-refractivity contribution is 7.16. The van der Waals surface area contributed by atoms with Crippen molar-refractivity contribution in [1.29, 1.82) is 0 Å². The molecule has 4 nitrogen and oxygen atoms in total. The molecule has 0 spiro atoms. The van der Waals surface area contributed by atoms with Crippen molar-refractivity contribution in [1.82, 2.24) is 0 Å². The number of nitrogen functional groups attached to an aromatic ring is 1. The maximum Gasteiger partial charge on any atom is 0.341 e. The fourth-order valence-electron chi connectivity index (χ4n) is 3.20. The molecular formula is C19H25ClN2O2S. The number of fused-ring (bicyclic) bond motifs is 1. The number of nitrogens with one attached hydrogen (secondary N) is 1. The first-order valence-electron chi connectivity index (χ1n) is 8.63. The Bertz CT molecular complexity index is 703. The van der Waals surface area contributed by atoms with Crippen LogP contribution in [0.5, 0.6) is 0 Å². The molecule has 0 saturated heterocycles. The molecule has 1 aromatic heterocycles. The van der Waals surface area contributed by atoms with Gasteiger partial charge in [-0.05, 0) is 12.0 Å². The summed E-state index contributed by atoms with van der Waals surface area (Å²) in [6.07, 6.45) is 2.80. The van der Waals surface area contributed by atoms with Gasteiger partial charge in [0.25, 0.3) is 0 Å². The van der Waals surface area contributed by atoms with Gasteiger partial charge in [0, 0.05) is 12.0 Å². The van der Waals surface area contributed by atoms with Gasteiger partial charge in [0.05, 0.1) is 23.6 Å². The van der Waals surface area contributed by atoms with E-state index in [1.165, 1.54) is 15.3 Å². The number of rotatable bonds is 6. The van der Waals surface area contributed by atoms with Crippen LogP contribution in [0.2, 0.25) is 0 Å². The predicted octanol–water partition coefficient (Wildman–Crippen LogP) is -0.568. The molecule has 0 saturated carbocycles. The number of benzene rings is 1. The van der Waals surface area contributed by atoms with Crippen molar-refractivity contribution < 1.29 is 26.8 Å². The Morgan fingerprint density at radius 3 is 2.80 bits per heavy atom. The maximum absolute atomic E-state index is 12.3. The highest BCUT2D eigenvalue weighted by Gasteiger charge is 2.29. The Kier molecular flexibility index (Phi) is 7.29. The zero-order valence-electron chi connectivity index (χ0n) is 14.5. The number of anilines is 1. The van der Waals surface area contributed by atoms with E-state index >= 15 is 0 Å². The molecule has 1 unspecified atom stereocenters. The number of hydrogen-bond donors (Lipinski definition) is 2. The molecular weight excluding hydrogens is 356 g/mol. The average molecular weight is 381 g/mol. The molecule has 3 rings (SSSR count). The molecule has 2 aromatic rings. The number of carbonyl (C=O) groups excluding carboxylic acids is 1. The number of nitrogens with two attached hydrogens (primary N) is 1. The molecule has 2 heterocycles. The molecule has 0 amide bonds. The van der Waals surface area contributed by atoms with E-state index in [1.54, 1.807) is 11.3 Å². The summed E-state index contributed by atoms with van der Waals surface area (Å²) in [5.41, 5.74) is 9.23. The summed E-state index contributed by atoms with van der Waals surface area (Å²) >= 11 is 1.55. The first-order valence-corrected chi connectivity index (χ1v) is 9.45. The maximum atomic E-state index is 12.3. The molecule has 6 heteroatoms. The minimum Gasteiger partial charge on any atom is -1.00 e. The van der Waals surface area contributed by atoms with Crippen molar-refractivity contribution in [2.45, 2.75) is 39.3 Å². The molecule has 1 aromatic carbocycles. The summed E-state index contributed by atoms with van der Waals surface area (Å²) in [6.45, 7) is 5.52. The first-order chi connectivity index (χ1) is 11.7. The van der Waals surface area contributed by atoms with Gasteiger partial charge >= 0.3 is 5.97 Å². The highest BCUT2D eigenvalue weighted by atomic mass is 35.5. The molecule has 1 aliphatic rings. The molecule has 1 aliphatic heterocycles. The highest BCUT2D eigenvalue weighted by Crippen LogP contribution is 2.32. The monoisotopic (exact) mass is 380 g/mol. The second kappa shape index (κ2) is 9.22. The normalized spacial score (nSPS) is 16.0. The van der Waals surface area contributed by atoms with Crippen LogP contribution < -0.4 is 23.0 Å². The standard InChI is InChI=1S/C19H24N2O2S.ClH/c1-2-3-11-23-19(22)17-15-9-10-21(13-16(15)24-18(17)20)12-14-7-5-4-6-8-14;/h4-8H,2-3,9-13,20H2,1H3;1H. The Balaban J connectivity index is 0.00000225. The topological polar surface area (TPSA) is 56.8 Å². The van der Waals surface area contributed by atoms with E-state index in [4.69, 9.17) is 10.5 Å². The van der Waals surface area contributed by atoms with Crippen LogP contribution in [0.3, 0.4) is 0 Å². The zero-order chi connectivity index (χ0) is 16.9. The van der Waals surface area contributed by atoms with Crippen LogP contribution in [0.1, 0.15) is 46.1 Å². The van der Waals surface area contributed by atoms with Crippen LogP contribution in [0, 0.1) is 0 Å². The van der Waals surface area contributed by atoms with E-state index in [-0.39, 0.29) is 18.4 Å².